The number of nitrogens with zero attached hydrogens (tertiary/aromatic N) is 2. The molecule has 1 aliphatic rings. The van der Waals surface area contributed by atoms with Gasteiger partial charge in [-0.1, -0.05) is 12.2 Å². The van der Waals surface area contributed by atoms with Crippen LogP contribution in [-0.4, -0.2) is 41.1 Å². The number of hydrogen-bond acceptors (Lipinski definition) is 4. The zero-order valence-corrected chi connectivity index (χ0v) is 14.1. The van der Waals surface area contributed by atoms with Crippen LogP contribution in [-0.2, 0) is 12.8 Å². The van der Waals surface area contributed by atoms with Gasteiger partial charge < -0.3 is 16.0 Å². The number of likely N-dealkylation sites (N-methyl/N-ethyl adjacent to an activating group) is 1. The van der Waals surface area contributed by atoms with E-state index in [1.54, 1.807) is 0 Å². The maximum atomic E-state index is 5.87. The van der Waals surface area contributed by atoms with E-state index in [0.717, 1.165) is 37.3 Å². The lowest BCUT2D eigenvalue weighted by Gasteiger charge is -2.22. The summed E-state index contributed by atoms with van der Waals surface area (Å²) >= 11 is 5.19. The first kappa shape index (κ1) is 16.2. The van der Waals surface area contributed by atoms with Crippen molar-refractivity contribution in [3.8, 4) is 0 Å². The van der Waals surface area contributed by atoms with Gasteiger partial charge in [-0.3, -0.25) is 0 Å². The normalized spacial score (nSPS) is 14.3. The molecule has 0 fully saturated rings. The molecule has 1 aliphatic carbocycles. The second kappa shape index (κ2) is 7.18. The third kappa shape index (κ3) is 4.14. The predicted octanol–water partition coefficient (Wildman–Crippen LogP) is 2.35. The van der Waals surface area contributed by atoms with Crippen molar-refractivity contribution in [3.63, 3.8) is 0 Å². The van der Waals surface area contributed by atoms with Gasteiger partial charge in [-0.15, -0.1) is 0 Å². The average Bonchev–Trinajstić information content (AvgIpc) is 2.46. The predicted molar refractivity (Wildman–Crippen MR) is 93.0 cm³/mol. The number of aromatic nitrogens is 1. The Morgan fingerprint density at radius 1 is 1.43 bits per heavy atom. The van der Waals surface area contributed by atoms with E-state index in [1.165, 1.54) is 24.1 Å². The van der Waals surface area contributed by atoms with E-state index in [0.29, 0.717) is 11.0 Å². The lowest BCUT2D eigenvalue weighted by Crippen LogP contribution is -2.31. The SMILES string of the molecule is CC(C)N(C)CCNc1nc2c(cc1C(N)=S)CCCC2. The lowest BCUT2D eigenvalue weighted by molar-refractivity contribution is 0.284. The topological polar surface area (TPSA) is 54.2 Å². The highest BCUT2D eigenvalue weighted by Gasteiger charge is 2.16. The molecule has 0 aliphatic heterocycles. The minimum atomic E-state index is 0.426. The summed E-state index contributed by atoms with van der Waals surface area (Å²) in [6, 6.07) is 2.68. The minimum absolute atomic E-state index is 0.426. The van der Waals surface area contributed by atoms with Gasteiger partial charge in [0.05, 0.1) is 5.56 Å². The van der Waals surface area contributed by atoms with E-state index in [1.807, 2.05) is 0 Å². The minimum Gasteiger partial charge on any atom is -0.389 e. The molecule has 1 aromatic heterocycles. The first-order valence-electron chi connectivity index (χ1n) is 7.75. The van der Waals surface area contributed by atoms with Crippen LogP contribution in [0.1, 0.15) is 43.5 Å². The van der Waals surface area contributed by atoms with Gasteiger partial charge >= 0.3 is 0 Å². The molecule has 0 saturated heterocycles. The van der Waals surface area contributed by atoms with Gasteiger partial charge in [-0.25, -0.2) is 4.98 Å². The second-order valence-corrected chi connectivity index (χ2v) is 6.50. The van der Waals surface area contributed by atoms with Gasteiger partial charge in [0.1, 0.15) is 10.8 Å². The molecule has 0 aromatic carbocycles. The number of rotatable bonds is 6. The van der Waals surface area contributed by atoms with Gasteiger partial charge in [0, 0.05) is 24.8 Å². The molecule has 5 heteroatoms. The van der Waals surface area contributed by atoms with Crippen molar-refractivity contribution < 1.29 is 0 Å². The summed E-state index contributed by atoms with van der Waals surface area (Å²) < 4.78 is 0. The molecule has 4 nitrogen and oxygen atoms in total. The standard InChI is InChI=1S/C16H26N4S/c1-11(2)20(3)9-8-18-16-13(15(17)21)10-12-6-4-5-7-14(12)19-16/h10-11H,4-9H2,1-3H3,(H2,17,21)(H,18,19). The fourth-order valence-electron chi connectivity index (χ4n) is 2.57. The van der Waals surface area contributed by atoms with E-state index in [2.05, 4.69) is 37.2 Å². The maximum absolute atomic E-state index is 5.87. The monoisotopic (exact) mass is 306 g/mol. The summed E-state index contributed by atoms with van der Waals surface area (Å²) in [6.07, 6.45) is 4.61. The van der Waals surface area contributed by atoms with Gasteiger partial charge in [0.25, 0.3) is 0 Å². The summed E-state index contributed by atoms with van der Waals surface area (Å²) in [6.45, 7) is 6.19. The molecule has 0 amide bonds. The number of thiocarbonyl (C=S) groups is 1. The van der Waals surface area contributed by atoms with Crippen molar-refractivity contribution >= 4 is 23.0 Å². The average molecular weight is 306 g/mol. The molecule has 21 heavy (non-hydrogen) atoms. The van der Waals surface area contributed by atoms with Crippen LogP contribution in [0.4, 0.5) is 5.82 Å². The Bertz CT molecular complexity index is 513. The molecule has 0 bridgehead atoms. The van der Waals surface area contributed by atoms with Crippen LogP contribution < -0.4 is 11.1 Å². The zero-order valence-electron chi connectivity index (χ0n) is 13.3. The van der Waals surface area contributed by atoms with Crippen molar-refractivity contribution in [2.75, 3.05) is 25.5 Å². The van der Waals surface area contributed by atoms with E-state index in [-0.39, 0.29) is 0 Å². The number of hydrogen-bond donors (Lipinski definition) is 2. The smallest absolute Gasteiger partial charge is 0.136 e. The van der Waals surface area contributed by atoms with E-state index < -0.39 is 0 Å². The Morgan fingerprint density at radius 2 is 2.14 bits per heavy atom. The number of pyridine rings is 1. The van der Waals surface area contributed by atoms with E-state index >= 15 is 0 Å². The maximum Gasteiger partial charge on any atom is 0.136 e. The molecule has 2 rings (SSSR count). The zero-order chi connectivity index (χ0) is 15.4. The van der Waals surface area contributed by atoms with Crippen molar-refractivity contribution in [1.82, 2.24) is 9.88 Å². The Morgan fingerprint density at radius 3 is 2.81 bits per heavy atom. The van der Waals surface area contributed by atoms with Gasteiger partial charge in [-0.05, 0) is 58.2 Å². The Kier molecular flexibility index (Phi) is 5.53. The molecule has 0 atom stereocenters. The molecular formula is C16H26N4S. The highest BCUT2D eigenvalue weighted by atomic mass is 32.1. The molecule has 0 radical (unpaired) electrons. The van der Waals surface area contributed by atoms with Crippen LogP contribution >= 0.6 is 12.2 Å². The summed E-state index contributed by atoms with van der Waals surface area (Å²) in [5.41, 5.74) is 9.28. The summed E-state index contributed by atoms with van der Waals surface area (Å²) in [5.74, 6) is 0.848. The van der Waals surface area contributed by atoms with Crippen LogP contribution in [0.5, 0.6) is 0 Å². The molecule has 3 N–H and O–H groups in total. The van der Waals surface area contributed by atoms with Gasteiger partial charge in [0.15, 0.2) is 0 Å². The van der Waals surface area contributed by atoms with Crippen molar-refractivity contribution in [2.45, 2.75) is 45.6 Å². The van der Waals surface area contributed by atoms with Crippen molar-refractivity contribution in [1.29, 1.82) is 0 Å². The summed E-state index contributed by atoms with van der Waals surface area (Å²) in [7, 11) is 2.13. The molecule has 1 aromatic rings. The van der Waals surface area contributed by atoms with E-state index in [4.69, 9.17) is 22.9 Å². The Hall–Kier alpha value is -1.20. The third-order valence-corrected chi connectivity index (χ3v) is 4.42. The Balaban J connectivity index is 2.12. The second-order valence-electron chi connectivity index (χ2n) is 6.06. The van der Waals surface area contributed by atoms with Crippen molar-refractivity contribution in [2.24, 2.45) is 5.73 Å². The number of nitrogens with one attached hydrogen (secondary N) is 1. The molecular weight excluding hydrogens is 280 g/mol. The number of anilines is 1. The molecule has 116 valence electrons. The first-order valence-corrected chi connectivity index (χ1v) is 8.16. The summed E-state index contributed by atoms with van der Waals surface area (Å²) in [5, 5.41) is 3.41. The number of aryl methyl sites for hydroxylation is 2. The van der Waals surface area contributed by atoms with Crippen LogP contribution in [0.25, 0.3) is 0 Å². The highest BCUT2D eigenvalue weighted by molar-refractivity contribution is 7.80. The lowest BCUT2D eigenvalue weighted by atomic mass is 9.94. The third-order valence-electron chi connectivity index (χ3n) is 4.20. The van der Waals surface area contributed by atoms with Crippen LogP contribution in [0, 0.1) is 0 Å². The molecule has 1 heterocycles. The van der Waals surface area contributed by atoms with Crippen LogP contribution in [0.2, 0.25) is 0 Å². The summed E-state index contributed by atoms with van der Waals surface area (Å²) in [4.78, 5) is 7.50. The van der Waals surface area contributed by atoms with Gasteiger partial charge in [0.2, 0.25) is 0 Å². The fraction of sp³-hybridized carbons (Fsp3) is 0.625. The number of fused-ring (bicyclic) bond motifs is 1. The van der Waals surface area contributed by atoms with Gasteiger partial charge in [-0.2, -0.15) is 0 Å². The van der Waals surface area contributed by atoms with Crippen LogP contribution in [0.15, 0.2) is 6.07 Å². The molecule has 0 unspecified atom stereocenters. The fourth-order valence-corrected chi connectivity index (χ4v) is 2.72. The molecule has 0 spiro atoms. The van der Waals surface area contributed by atoms with E-state index in [9.17, 15) is 0 Å². The highest BCUT2D eigenvalue weighted by Crippen LogP contribution is 2.24. The first-order chi connectivity index (χ1) is 9.99. The van der Waals surface area contributed by atoms with Crippen LogP contribution in [0.3, 0.4) is 0 Å². The Labute approximate surface area is 133 Å². The molecule has 0 saturated carbocycles. The van der Waals surface area contributed by atoms with Crippen molar-refractivity contribution in [3.05, 3.63) is 22.9 Å². The number of nitrogens with two attached hydrogens (primary N) is 1. The quantitative estimate of drug-likeness (QED) is 0.790. The largest absolute Gasteiger partial charge is 0.389 e.